The first-order chi connectivity index (χ1) is 9.95. The lowest BCUT2D eigenvalue weighted by Crippen LogP contribution is -2.23. The molecule has 1 nitrogen and oxygen atoms in total. The number of nitrogens with one attached hydrogen (secondary N) is 1. The molecule has 2 rings (SSSR count). The van der Waals surface area contributed by atoms with Crippen molar-refractivity contribution in [2.75, 3.05) is 6.54 Å². The molecular weight excluding hydrogens is 376 g/mol. The predicted octanol–water partition coefficient (Wildman–Crippen LogP) is 5.05. The number of hydrogen-bond acceptors (Lipinski definition) is 1. The fraction of sp³-hybridized carbons (Fsp3) is 0.333. The summed E-state index contributed by atoms with van der Waals surface area (Å²) in [6.07, 6.45) is 0. The van der Waals surface area contributed by atoms with Gasteiger partial charge in [0, 0.05) is 3.57 Å². The maximum absolute atomic E-state index is 13.9. The van der Waals surface area contributed by atoms with Crippen molar-refractivity contribution < 1.29 is 4.39 Å². The molecule has 0 saturated heterocycles. The molecule has 0 aliphatic carbocycles. The fourth-order valence-electron chi connectivity index (χ4n) is 2.65. The molecule has 0 aliphatic heterocycles. The minimum Gasteiger partial charge on any atom is -0.306 e. The zero-order valence-corrected chi connectivity index (χ0v) is 15.1. The molecule has 0 aliphatic rings. The van der Waals surface area contributed by atoms with E-state index < -0.39 is 0 Å². The quantitative estimate of drug-likeness (QED) is 0.712. The third-order valence-electron chi connectivity index (χ3n) is 3.73. The van der Waals surface area contributed by atoms with Gasteiger partial charge in [-0.05, 0) is 77.7 Å². The maximum Gasteiger partial charge on any atom is 0.129 e. The third kappa shape index (κ3) is 3.46. The van der Waals surface area contributed by atoms with Crippen molar-refractivity contribution in [1.82, 2.24) is 5.32 Å². The molecule has 0 heterocycles. The first-order valence-corrected chi connectivity index (χ1v) is 8.28. The average molecular weight is 397 g/mol. The molecule has 1 unspecified atom stereocenters. The van der Waals surface area contributed by atoms with Crippen LogP contribution in [0.4, 0.5) is 4.39 Å². The zero-order valence-electron chi connectivity index (χ0n) is 12.9. The topological polar surface area (TPSA) is 12.0 Å². The van der Waals surface area contributed by atoms with Crippen molar-refractivity contribution in [3.05, 3.63) is 67.5 Å². The largest absolute Gasteiger partial charge is 0.306 e. The Hall–Kier alpha value is -0.940. The Morgan fingerprint density at radius 2 is 1.71 bits per heavy atom. The van der Waals surface area contributed by atoms with E-state index in [-0.39, 0.29) is 11.9 Å². The van der Waals surface area contributed by atoms with Gasteiger partial charge in [-0.2, -0.15) is 0 Å². The second-order valence-corrected chi connectivity index (χ2v) is 6.52. The molecule has 0 aromatic heterocycles. The maximum atomic E-state index is 13.9. The van der Waals surface area contributed by atoms with Gasteiger partial charge in [0.05, 0.1) is 6.04 Å². The van der Waals surface area contributed by atoms with E-state index in [0.29, 0.717) is 11.1 Å². The molecule has 0 fully saturated rings. The van der Waals surface area contributed by atoms with Gasteiger partial charge in [-0.15, -0.1) is 0 Å². The molecule has 2 aromatic carbocycles. The van der Waals surface area contributed by atoms with Crippen molar-refractivity contribution in [3.8, 4) is 0 Å². The molecule has 1 atom stereocenters. The number of rotatable bonds is 4. The predicted molar refractivity (Wildman–Crippen MR) is 95.3 cm³/mol. The number of hydrogen-bond donors (Lipinski definition) is 1. The lowest BCUT2D eigenvalue weighted by molar-refractivity contribution is 0.598. The Bertz CT molecular complexity index is 629. The second kappa shape index (κ2) is 6.88. The number of halogens is 2. The van der Waals surface area contributed by atoms with Gasteiger partial charge in [0.2, 0.25) is 0 Å². The summed E-state index contributed by atoms with van der Waals surface area (Å²) < 4.78 is 15.1. The minimum absolute atomic E-state index is 0.0970. The minimum atomic E-state index is -0.104. The van der Waals surface area contributed by atoms with Gasteiger partial charge >= 0.3 is 0 Å². The van der Waals surface area contributed by atoms with Crippen molar-refractivity contribution in [2.24, 2.45) is 0 Å². The van der Waals surface area contributed by atoms with E-state index in [1.165, 1.54) is 14.7 Å². The van der Waals surface area contributed by atoms with E-state index in [9.17, 15) is 4.39 Å². The van der Waals surface area contributed by atoms with Crippen LogP contribution in [0.5, 0.6) is 0 Å². The molecule has 0 amide bonds. The first kappa shape index (κ1) is 16.4. The summed E-state index contributed by atoms with van der Waals surface area (Å²) in [5.74, 6) is -0.104. The normalized spacial score (nSPS) is 12.5. The van der Waals surface area contributed by atoms with Crippen LogP contribution < -0.4 is 5.32 Å². The van der Waals surface area contributed by atoms with Gasteiger partial charge < -0.3 is 5.32 Å². The van der Waals surface area contributed by atoms with Crippen LogP contribution in [0.1, 0.15) is 40.8 Å². The van der Waals surface area contributed by atoms with Crippen LogP contribution in [0.15, 0.2) is 30.3 Å². The third-order valence-corrected chi connectivity index (χ3v) is 5.21. The Kier molecular flexibility index (Phi) is 5.38. The van der Waals surface area contributed by atoms with Crippen LogP contribution in [0.25, 0.3) is 0 Å². The van der Waals surface area contributed by atoms with Gasteiger partial charge in [-0.1, -0.05) is 37.3 Å². The van der Waals surface area contributed by atoms with Crippen molar-refractivity contribution in [2.45, 2.75) is 33.7 Å². The highest BCUT2D eigenvalue weighted by molar-refractivity contribution is 14.1. The van der Waals surface area contributed by atoms with Gasteiger partial charge in [-0.3, -0.25) is 0 Å². The number of benzene rings is 2. The number of aryl methyl sites for hydroxylation is 3. The van der Waals surface area contributed by atoms with Gasteiger partial charge in [0.25, 0.3) is 0 Å². The van der Waals surface area contributed by atoms with E-state index in [2.05, 4.69) is 60.0 Å². The summed E-state index contributed by atoms with van der Waals surface area (Å²) in [7, 11) is 0. The summed E-state index contributed by atoms with van der Waals surface area (Å²) in [5, 5.41) is 3.53. The molecule has 0 spiro atoms. The highest BCUT2D eigenvalue weighted by Crippen LogP contribution is 2.30. The standard InChI is InChI=1S/C18H21FIN/c1-5-21-18(15-8-6-7-11(2)17(15)20)14-9-12(3)16(19)13(4)10-14/h6-10,18,21H,5H2,1-4H3. The van der Waals surface area contributed by atoms with Gasteiger partial charge in [0.1, 0.15) is 5.82 Å². The molecule has 21 heavy (non-hydrogen) atoms. The molecule has 2 aromatic rings. The SMILES string of the molecule is CCNC(c1cc(C)c(F)c(C)c1)c1cccc(C)c1I. The smallest absolute Gasteiger partial charge is 0.129 e. The van der Waals surface area contributed by atoms with Crippen molar-refractivity contribution in [1.29, 1.82) is 0 Å². The second-order valence-electron chi connectivity index (χ2n) is 5.44. The van der Waals surface area contributed by atoms with Crippen molar-refractivity contribution in [3.63, 3.8) is 0 Å². The van der Waals surface area contributed by atoms with E-state index >= 15 is 0 Å². The summed E-state index contributed by atoms with van der Waals surface area (Å²) >= 11 is 2.40. The Labute approximate surface area is 140 Å². The van der Waals surface area contributed by atoms with E-state index in [4.69, 9.17) is 0 Å². The van der Waals surface area contributed by atoms with Crippen LogP contribution in [-0.4, -0.2) is 6.54 Å². The molecule has 0 saturated carbocycles. The van der Waals surface area contributed by atoms with Crippen LogP contribution >= 0.6 is 22.6 Å². The Balaban J connectivity index is 2.56. The van der Waals surface area contributed by atoms with Crippen LogP contribution in [0.2, 0.25) is 0 Å². The van der Waals surface area contributed by atoms with Gasteiger partial charge in [0.15, 0.2) is 0 Å². The summed E-state index contributed by atoms with van der Waals surface area (Å²) in [4.78, 5) is 0. The Morgan fingerprint density at radius 3 is 2.29 bits per heavy atom. The van der Waals surface area contributed by atoms with Gasteiger partial charge in [-0.25, -0.2) is 4.39 Å². The summed E-state index contributed by atoms with van der Waals surface area (Å²) in [6.45, 7) is 8.74. The Morgan fingerprint density at radius 1 is 1.10 bits per heavy atom. The highest BCUT2D eigenvalue weighted by Gasteiger charge is 2.18. The molecular formula is C18H21FIN. The average Bonchev–Trinajstić information content (AvgIpc) is 2.45. The first-order valence-electron chi connectivity index (χ1n) is 7.20. The molecule has 3 heteroatoms. The monoisotopic (exact) mass is 397 g/mol. The molecule has 0 bridgehead atoms. The summed E-state index contributed by atoms with van der Waals surface area (Å²) in [5.41, 5.74) is 5.05. The van der Waals surface area contributed by atoms with Crippen LogP contribution in [0.3, 0.4) is 0 Å². The summed E-state index contributed by atoms with van der Waals surface area (Å²) in [6, 6.07) is 10.4. The van der Waals surface area contributed by atoms with Crippen molar-refractivity contribution >= 4 is 22.6 Å². The molecule has 112 valence electrons. The fourth-order valence-corrected chi connectivity index (χ4v) is 3.32. The highest BCUT2D eigenvalue weighted by atomic mass is 127. The van der Waals surface area contributed by atoms with E-state index in [1.807, 2.05) is 26.0 Å². The lowest BCUT2D eigenvalue weighted by Gasteiger charge is -2.22. The molecule has 1 N–H and O–H groups in total. The zero-order chi connectivity index (χ0) is 15.6. The molecule has 0 radical (unpaired) electrons. The van der Waals surface area contributed by atoms with Crippen LogP contribution in [0, 0.1) is 30.2 Å². The lowest BCUT2D eigenvalue weighted by atomic mass is 9.94. The van der Waals surface area contributed by atoms with E-state index in [1.54, 1.807) is 0 Å². The van der Waals surface area contributed by atoms with E-state index in [0.717, 1.165) is 12.1 Å². The van der Waals surface area contributed by atoms with Crippen LogP contribution in [-0.2, 0) is 0 Å².